The van der Waals surface area contributed by atoms with Crippen molar-refractivity contribution in [1.82, 2.24) is 0 Å². The summed E-state index contributed by atoms with van der Waals surface area (Å²) in [6.45, 7) is 6.26. The Morgan fingerprint density at radius 2 is 0.719 bits per heavy atom. The van der Waals surface area contributed by atoms with E-state index in [2.05, 4.69) is 130 Å². The molecule has 1 atom stereocenters. The maximum Gasteiger partial charge on any atom is 0.306 e. The zero-order valence-corrected chi connectivity index (χ0v) is 41.0. The van der Waals surface area contributed by atoms with Crippen molar-refractivity contribution < 1.29 is 28.6 Å². The van der Waals surface area contributed by atoms with Gasteiger partial charge in [-0.25, -0.2) is 0 Å². The third kappa shape index (κ3) is 48.8. The first-order chi connectivity index (χ1) is 31.5. The smallest absolute Gasteiger partial charge is 0.306 e. The molecular formula is C58H92O6. The predicted octanol–water partition coefficient (Wildman–Crippen LogP) is 16.9. The maximum atomic E-state index is 12.8. The van der Waals surface area contributed by atoms with Crippen molar-refractivity contribution >= 4 is 17.9 Å². The van der Waals surface area contributed by atoms with Gasteiger partial charge in [-0.05, 0) is 96.3 Å². The van der Waals surface area contributed by atoms with Gasteiger partial charge in [0, 0.05) is 19.3 Å². The average molecular weight is 885 g/mol. The molecule has 0 saturated heterocycles. The van der Waals surface area contributed by atoms with E-state index in [0.29, 0.717) is 19.3 Å². The van der Waals surface area contributed by atoms with Crippen LogP contribution in [0, 0.1) is 0 Å². The molecule has 0 aromatic carbocycles. The molecule has 0 radical (unpaired) electrons. The van der Waals surface area contributed by atoms with E-state index in [-0.39, 0.29) is 37.5 Å². The van der Waals surface area contributed by atoms with Gasteiger partial charge in [0.15, 0.2) is 6.10 Å². The Balaban J connectivity index is 4.55. The van der Waals surface area contributed by atoms with Gasteiger partial charge in [-0.3, -0.25) is 14.4 Å². The van der Waals surface area contributed by atoms with Crippen LogP contribution in [0.25, 0.3) is 0 Å². The quantitative estimate of drug-likeness (QED) is 0.0199. The Hall–Kier alpha value is -4.19. The molecule has 64 heavy (non-hydrogen) atoms. The minimum atomic E-state index is -0.822. The van der Waals surface area contributed by atoms with Gasteiger partial charge in [0.05, 0.1) is 0 Å². The lowest BCUT2D eigenvalue weighted by molar-refractivity contribution is -0.166. The second-order valence-electron chi connectivity index (χ2n) is 16.4. The first kappa shape index (κ1) is 59.8. The second kappa shape index (κ2) is 51.4. The fourth-order valence-corrected chi connectivity index (χ4v) is 6.48. The number of carbonyl (C=O) groups excluding carboxylic acids is 3. The van der Waals surface area contributed by atoms with E-state index in [1.165, 1.54) is 57.8 Å². The highest BCUT2D eigenvalue weighted by Crippen LogP contribution is 2.13. The molecule has 0 N–H and O–H groups in total. The van der Waals surface area contributed by atoms with Crippen LogP contribution in [0.4, 0.5) is 0 Å². The second-order valence-corrected chi connectivity index (χ2v) is 16.4. The molecule has 0 aliphatic heterocycles. The number of hydrogen-bond acceptors (Lipinski definition) is 6. The lowest BCUT2D eigenvalue weighted by atomic mass is 10.1. The molecule has 0 aromatic rings. The van der Waals surface area contributed by atoms with Crippen molar-refractivity contribution in [3.05, 3.63) is 122 Å². The van der Waals surface area contributed by atoms with Crippen LogP contribution < -0.4 is 0 Å². The molecule has 0 bridgehead atoms. The molecule has 0 saturated carbocycles. The van der Waals surface area contributed by atoms with Gasteiger partial charge in [0.1, 0.15) is 13.2 Å². The number of ether oxygens (including phenoxy) is 3. The van der Waals surface area contributed by atoms with E-state index in [0.717, 1.165) is 103 Å². The van der Waals surface area contributed by atoms with Crippen LogP contribution in [-0.4, -0.2) is 37.2 Å². The molecule has 0 fully saturated rings. The number of unbranched alkanes of at least 4 members (excludes halogenated alkanes) is 16. The summed E-state index contributed by atoms with van der Waals surface area (Å²) in [6, 6.07) is 0. The van der Waals surface area contributed by atoms with Crippen LogP contribution >= 0.6 is 0 Å². The lowest BCUT2D eigenvalue weighted by Crippen LogP contribution is -2.30. The molecule has 6 nitrogen and oxygen atoms in total. The van der Waals surface area contributed by atoms with E-state index in [1.54, 1.807) is 0 Å². The normalized spacial score (nSPS) is 13.1. The monoisotopic (exact) mass is 885 g/mol. The molecule has 0 rings (SSSR count). The SMILES string of the molecule is CC\C=C/C=C\C=C/CCCCCCCCCC(=O)OC(COC(=O)CC/C=C\C/C=C\C/C=C\C/C=C\C/C=C\CC)COC(=O)CCCCCCCC/C=C\C=C/CCCCC. The Bertz CT molecular complexity index is 1390. The molecule has 6 heteroatoms. The fraction of sp³-hybridized carbons (Fsp3) is 0.603. The maximum absolute atomic E-state index is 12.8. The van der Waals surface area contributed by atoms with Crippen molar-refractivity contribution in [1.29, 1.82) is 0 Å². The molecule has 0 amide bonds. The van der Waals surface area contributed by atoms with Gasteiger partial charge in [-0.1, -0.05) is 213 Å². The predicted molar refractivity (Wildman–Crippen MR) is 274 cm³/mol. The Morgan fingerprint density at radius 3 is 1.20 bits per heavy atom. The topological polar surface area (TPSA) is 78.9 Å². The Labute approximate surface area is 392 Å². The van der Waals surface area contributed by atoms with Crippen LogP contribution in [0.5, 0.6) is 0 Å². The van der Waals surface area contributed by atoms with Crippen molar-refractivity contribution in [2.24, 2.45) is 0 Å². The number of carbonyl (C=O) groups is 3. The highest BCUT2D eigenvalue weighted by Gasteiger charge is 2.19. The van der Waals surface area contributed by atoms with Gasteiger partial charge in [-0.2, -0.15) is 0 Å². The summed E-state index contributed by atoms with van der Waals surface area (Å²) in [4.78, 5) is 38.0. The molecular weight excluding hydrogens is 793 g/mol. The summed E-state index contributed by atoms with van der Waals surface area (Å²) >= 11 is 0. The minimum absolute atomic E-state index is 0.116. The van der Waals surface area contributed by atoms with Crippen molar-refractivity contribution in [2.75, 3.05) is 13.2 Å². The summed E-state index contributed by atoms with van der Waals surface area (Å²) < 4.78 is 16.7. The molecule has 0 aliphatic rings. The summed E-state index contributed by atoms with van der Waals surface area (Å²) in [5.41, 5.74) is 0. The molecule has 0 spiro atoms. The van der Waals surface area contributed by atoms with Gasteiger partial charge >= 0.3 is 17.9 Å². The van der Waals surface area contributed by atoms with Crippen LogP contribution in [-0.2, 0) is 28.6 Å². The van der Waals surface area contributed by atoms with Crippen LogP contribution in [0.15, 0.2) is 122 Å². The number of rotatable bonds is 44. The molecule has 1 unspecified atom stereocenters. The number of hydrogen-bond donors (Lipinski definition) is 0. The molecule has 0 aromatic heterocycles. The van der Waals surface area contributed by atoms with E-state index in [9.17, 15) is 14.4 Å². The summed E-state index contributed by atoms with van der Waals surface area (Å²) in [6.07, 6.45) is 70.4. The van der Waals surface area contributed by atoms with Crippen LogP contribution in [0.2, 0.25) is 0 Å². The van der Waals surface area contributed by atoms with Gasteiger partial charge in [0.2, 0.25) is 0 Å². The molecule has 0 heterocycles. The summed E-state index contributed by atoms with van der Waals surface area (Å²) in [5, 5.41) is 0. The van der Waals surface area contributed by atoms with E-state index in [4.69, 9.17) is 14.2 Å². The zero-order chi connectivity index (χ0) is 46.5. The third-order valence-corrected chi connectivity index (χ3v) is 10.3. The molecule has 0 aliphatic carbocycles. The third-order valence-electron chi connectivity index (χ3n) is 10.3. The summed E-state index contributed by atoms with van der Waals surface area (Å²) in [7, 11) is 0. The number of esters is 3. The molecule has 360 valence electrons. The van der Waals surface area contributed by atoms with E-state index < -0.39 is 6.10 Å². The Morgan fingerprint density at radius 1 is 0.344 bits per heavy atom. The van der Waals surface area contributed by atoms with E-state index >= 15 is 0 Å². The minimum Gasteiger partial charge on any atom is -0.462 e. The number of allylic oxidation sites excluding steroid dienone is 20. The summed E-state index contributed by atoms with van der Waals surface area (Å²) in [5.74, 6) is -1.03. The Kier molecular flexibility index (Phi) is 48.1. The largest absolute Gasteiger partial charge is 0.462 e. The van der Waals surface area contributed by atoms with Gasteiger partial charge < -0.3 is 14.2 Å². The van der Waals surface area contributed by atoms with Crippen molar-refractivity contribution in [2.45, 2.75) is 213 Å². The highest BCUT2D eigenvalue weighted by molar-refractivity contribution is 5.71. The highest BCUT2D eigenvalue weighted by atomic mass is 16.6. The van der Waals surface area contributed by atoms with Gasteiger partial charge in [0.25, 0.3) is 0 Å². The van der Waals surface area contributed by atoms with Crippen molar-refractivity contribution in [3.8, 4) is 0 Å². The van der Waals surface area contributed by atoms with E-state index in [1.807, 2.05) is 12.2 Å². The lowest BCUT2D eigenvalue weighted by Gasteiger charge is -2.18. The zero-order valence-electron chi connectivity index (χ0n) is 41.0. The first-order valence-corrected chi connectivity index (χ1v) is 25.6. The van der Waals surface area contributed by atoms with Crippen molar-refractivity contribution in [3.63, 3.8) is 0 Å². The standard InChI is InChI=1S/C58H92O6/c1-4-7-10-13-16-19-22-25-28-31-33-36-39-42-45-48-51-57(60)63-54-55(64-58(61)52-49-46-43-40-37-34-30-27-24-21-18-15-12-9-6-3)53-62-56(59)50-47-44-41-38-35-32-29-26-23-20-17-14-11-8-5-2/h7,9-10,12,15-21,23-26,28,33,36,42,45,55H,4-6,8,11,13-14,22,27,29-32,34-35,37-41,43-44,46-54H2,1-3H3/b10-7-,12-9-,18-15-,19-16-,20-17-,24-21-,26-23-,28-25-,36-33-,45-42-. The van der Waals surface area contributed by atoms with Gasteiger partial charge in [-0.15, -0.1) is 0 Å². The first-order valence-electron chi connectivity index (χ1n) is 25.6. The average Bonchev–Trinajstić information content (AvgIpc) is 3.29. The fourth-order valence-electron chi connectivity index (χ4n) is 6.48. The van der Waals surface area contributed by atoms with Crippen LogP contribution in [0.1, 0.15) is 207 Å². The van der Waals surface area contributed by atoms with Crippen LogP contribution in [0.3, 0.4) is 0 Å².